The molecule has 1 aromatic carbocycles. The number of ether oxygens (including phenoxy) is 1. The number of benzene rings is 1. The van der Waals surface area contributed by atoms with Gasteiger partial charge in [0.25, 0.3) is 0 Å². The quantitative estimate of drug-likeness (QED) is 0.611. The maximum Gasteiger partial charge on any atom is 0.324 e. The number of methoxy groups -OCH3 is 1. The van der Waals surface area contributed by atoms with Crippen molar-refractivity contribution in [3.8, 4) is 0 Å². The highest BCUT2D eigenvalue weighted by Crippen LogP contribution is 2.42. The van der Waals surface area contributed by atoms with E-state index in [4.69, 9.17) is 19.0 Å². The zero-order valence-electron chi connectivity index (χ0n) is 7.53. The molecule has 0 aliphatic carbocycles. The molecule has 1 aromatic rings. The van der Waals surface area contributed by atoms with E-state index in [0.29, 0.717) is 5.56 Å². The van der Waals surface area contributed by atoms with E-state index in [1.165, 1.54) is 7.11 Å². The molecular weight excluding hydrogens is 223 g/mol. The molecule has 0 saturated heterocycles. The van der Waals surface area contributed by atoms with Crippen molar-refractivity contribution in [1.29, 1.82) is 0 Å². The van der Waals surface area contributed by atoms with Gasteiger partial charge in [-0.2, -0.15) is 0 Å². The third-order valence-electron chi connectivity index (χ3n) is 1.52. The first-order chi connectivity index (χ1) is 6.53. The van der Waals surface area contributed by atoms with Crippen LogP contribution in [-0.4, -0.2) is 16.9 Å². The molecule has 0 fully saturated rings. The maximum atomic E-state index is 8.96. The molecule has 1 atom stereocenters. The Morgan fingerprint density at radius 1 is 1.29 bits per heavy atom. The Hall–Kier alpha value is -0.290. The fraction of sp³-hybridized carbons (Fsp3) is 0.250. The Balaban J connectivity index is 2.78. The van der Waals surface area contributed by atoms with Crippen LogP contribution in [0.1, 0.15) is 11.9 Å². The van der Waals surface area contributed by atoms with Gasteiger partial charge in [0.1, 0.15) is 0 Å². The first-order valence-corrected chi connectivity index (χ1v) is 6.47. The monoisotopic (exact) mass is 234 g/mol. The van der Waals surface area contributed by atoms with Gasteiger partial charge in [-0.15, -0.1) is 0 Å². The summed E-state index contributed by atoms with van der Waals surface area (Å²) in [4.78, 5) is 17.9. The van der Waals surface area contributed by atoms with Crippen LogP contribution >= 0.6 is 6.72 Å². The van der Waals surface area contributed by atoms with Crippen LogP contribution in [0.2, 0.25) is 0 Å². The molecule has 0 amide bonds. The number of rotatable bonds is 4. The SMILES string of the molecule is COC(OP(O)(O)=S)c1ccccc1. The van der Waals surface area contributed by atoms with Gasteiger partial charge in [-0.3, -0.25) is 4.52 Å². The van der Waals surface area contributed by atoms with E-state index >= 15 is 0 Å². The van der Waals surface area contributed by atoms with Crippen LogP contribution in [0.5, 0.6) is 0 Å². The zero-order chi connectivity index (χ0) is 10.6. The second-order valence-corrected chi connectivity index (χ2v) is 5.19. The Kier molecular flexibility index (Phi) is 4.19. The maximum absolute atomic E-state index is 8.96. The van der Waals surface area contributed by atoms with Crippen LogP contribution in [0, 0.1) is 0 Å². The highest BCUT2D eigenvalue weighted by molar-refractivity contribution is 8.06. The lowest BCUT2D eigenvalue weighted by molar-refractivity contribution is -0.0629. The number of hydrogen-bond acceptors (Lipinski definition) is 3. The van der Waals surface area contributed by atoms with Crippen LogP contribution in [0.4, 0.5) is 0 Å². The van der Waals surface area contributed by atoms with Gasteiger partial charge < -0.3 is 14.5 Å². The Morgan fingerprint density at radius 3 is 2.29 bits per heavy atom. The molecule has 2 N–H and O–H groups in total. The van der Waals surface area contributed by atoms with Gasteiger partial charge in [-0.25, -0.2) is 0 Å². The normalized spacial score (nSPS) is 13.9. The van der Waals surface area contributed by atoms with Crippen molar-refractivity contribution in [3.05, 3.63) is 35.9 Å². The molecule has 1 unspecified atom stereocenters. The molecule has 0 saturated carbocycles. The molecule has 14 heavy (non-hydrogen) atoms. The molecule has 0 heterocycles. The molecule has 0 spiro atoms. The largest absolute Gasteiger partial charge is 0.351 e. The van der Waals surface area contributed by atoms with Crippen molar-refractivity contribution >= 4 is 18.5 Å². The number of hydrogen-bond donors (Lipinski definition) is 2. The first-order valence-electron chi connectivity index (χ1n) is 3.84. The first kappa shape index (κ1) is 11.8. The fourth-order valence-electron chi connectivity index (χ4n) is 0.975. The van der Waals surface area contributed by atoms with Crippen molar-refractivity contribution in [3.63, 3.8) is 0 Å². The Morgan fingerprint density at radius 2 is 1.86 bits per heavy atom. The van der Waals surface area contributed by atoms with Gasteiger partial charge in [-0.05, 0) is 11.8 Å². The molecule has 6 heteroatoms. The predicted molar refractivity (Wildman–Crippen MR) is 56.0 cm³/mol. The summed E-state index contributed by atoms with van der Waals surface area (Å²) in [5.74, 6) is 0. The van der Waals surface area contributed by atoms with Gasteiger partial charge in [-0.1, -0.05) is 30.3 Å². The summed E-state index contributed by atoms with van der Waals surface area (Å²) in [7, 11) is 1.41. The second kappa shape index (κ2) is 4.98. The van der Waals surface area contributed by atoms with E-state index in [-0.39, 0.29) is 0 Å². The summed E-state index contributed by atoms with van der Waals surface area (Å²) < 4.78 is 9.72. The summed E-state index contributed by atoms with van der Waals surface area (Å²) >= 11 is 4.35. The lowest BCUT2D eigenvalue weighted by Crippen LogP contribution is -2.04. The molecule has 1 rings (SSSR count). The molecule has 4 nitrogen and oxygen atoms in total. The third kappa shape index (κ3) is 3.84. The van der Waals surface area contributed by atoms with Crippen LogP contribution < -0.4 is 0 Å². The van der Waals surface area contributed by atoms with Gasteiger partial charge >= 0.3 is 6.72 Å². The molecule has 0 radical (unpaired) electrons. The van der Waals surface area contributed by atoms with Gasteiger partial charge in [0.2, 0.25) is 0 Å². The minimum atomic E-state index is -3.70. The van der Waals surface area contributed by atoms with E-state index < -0.39 is 13.0 Å². The lowest BCUT2D eigenvalue weighted by Gasteiger charge is -2.18. The van der Waals surface area contributed by atoms with E-state index in [1.807, 2.05) is 6.07 Å². The van der Waals surface area contributed by atoms with Crippen LogP contribution in [-0.2, 0) is 21.1 Å². The van der Waals surface area contributed by atoms with E-state index in [9.17, 15) is 0 Å². The molecule has 78 valence electrons. The summed E-state index contributed by atoms with van der Waals surface area (Å²) in [6, 6.07) is 8.93. The van der Waals surface area contributed by atoms with Gasteiger partial charge in [0.15, 0.2) is 6.29 Å². The Labute approximate surface area is 87.4 Å². The summed E-state index contributed by atoms with van der Waals surface area (Å²) in [6.07, 6.45) is -0.836. The topological polar surface area (TPSA) is 58.9 Å². The highest BCUT2D eigenvalue weighted by Gasteiger charge is 2.18. The van der Waals surface area contributed by atoms with Crippen molar-refractivity contribution in [2.75, 3.05) is 7.11 Å². The standard InChI is InChI=1S/C8H11O4PS/c1-11-8(12-13(9,10)14)7-5-3-2-4-6-7/h2-6,8H,1H3,(H2,9,10,14). The zero-order valence-corrected chi connectivity index (χ0v) is 9.24. The molecule has 0 bridgehead atoms. The molecule has 0 aliphatic rings. The van der Waals surface area contributed by atoms with E-state index in [2.05, 4.69) is 11.8 Å². The molecule has 0 aliphatic heterocycles. The van der Waals surface area contributed by atoms with Gasteiger partial charge in [0.05, 0.1) is 0 Å². The molecular formula is C8H11O4PS. The Bertz CT molecular complexity index is 323. The average Bonchev–Trinajstić information content (AvgIpc) is 2.14. The van der Waals surface area contributed by atoms with Crippen LogP contribution in [0.3, 0.4) is 0 Å². The second-order valence-electron chi connectivity index (χ2n) is 2.57. The minimum Gasteiger partial charge on any atom is -0.351 e. The summed E-state index contributed by atoms with van der Waals surface area (Å²) in [5, 5.41) is 0. The van der Waals surface area contributed by atoms with Crippen molar-refractivity contribution < 1.29 is 19.0 Å². The summed E-state index contributed by atoms with van der Waals surface area (Å²) in [6.45, 7) is -3.70. The summed E-state index contributed by atoms with van der Waals surface area (Å²) in [5.41, 5.74) is 0.687. The van der Waals surface area contributed by atoms with Crippen molar-refractivity contribution in [2.24, 2.45) is 0 Å². The highest BCUT2D eigenvalue weighted by atomic mass is 32.5. The average molecular weight is 234 g/mol. The predicted octanol–water partition coefficient (Wildman–Crippen LogP) is 1.56. The third-order valence-corrected chi connectivity index (χ3v) is 2.24. The van der Waals surface area contributed by atoms with E-state index in [1.54, 1.807) is 24.3 Å². The van der Waals surface area contributed by atoms with E-state index in [0.717, 1.165) is 0 Å². The fourth-order valence-corrected chi connectivity index (χ4v) is 1.67. The van der Waals surface area contributed by atoms with Crippen molar-refractivity contribution in [1.82, 2.24) is 0 Å². The van der Waals surface area contributed by atoms with Crippen molar-refractivity contribution in [2.45, 2.75) is 6.29 Å². The molecule has 0 aromatic heterocycles. The van der Waals surface area contributed by atoms with Crippen LogP contribution in [0.25, 0.3) is 0 Å². The lowest BCUT2D eigenvalue weighted by atomic mass is 10.2. The smallest absolute Gasteiger partial charge is 0.324 e. The van der Waals surface area contributed by atoms with Crippen LogP contribution in [0.15, 0.2) is 30.3 Å². The van der Waals surface area contributed by atoms with Gasteiger partial charge in [0, 0.05) is 12.7 Å². The minimum absolute atomic E-state index is 0.687.